The smallest absolute Gasteiger partial charge is 0.306 e. The van der Waals surface area contributed by atoms with Crippen LogP contribution < -0.4 is 5.73 Å². The van der Waals surface area contributed by atoms with Gasteiger partial charge in [-0.25, -0.2) is 0 Å². The molecule has 2 N–H and O–H groups in total. The minimum absolute atomic E-state index is 0.00545. The van der Waals surface area contributed by atoms with Gasteiger partial charge in [0, 0.05) is 32.6 Å². The van der Waals surface area contributed by atoms with Crippen molar-refractivity contribution in [3.63, 3.8) is 0 Å². The third-order valence-corrected chi connectivity index (χ3v) is 14.4. The van der Waals surface area contributed by atoms with Crippen LogP contribution in [-0.2, 0) is 47.5 Å². The van der Waals surface area contributed by atoms with Crippen LogP contribution in [0.25, 0.3) is 0 Å². The van der Waals surface area contributed by atoms with Gasteiger partial charge in [-0.15, -0.1) is 0 Å². The highest BCUT2D eigenvalue weighted by Gasteiger charge is 2.21. The molecule has 11 heteroatoms. The van der Waals surface area contributed by atoms with E-state index in [-0.39, 0.29) is 30.3 Å². The Balaban J connectivity index is 4.67. The van der Waals surface area contributed by atoms with E-state index < -0.39 is 0 Å². The second-order valence-corrected chi connectivity index (χ2v) is 21.6. The number of hydrogen-bond donors (Lipinski definition) is 1. The number of esters is 2. The van der Waals surface area contributed by atoms with E-state index in [1.807, 2.05) is 0 Å². The van der Waals surface area contributed by atoms with Crippen molar-refractivity contribution in [2.24, 2.45) is 11.7 Å². The Bertz CT molecular complexity index is 1120. The Kier molecular flexibility index (Phi) is 59.8. The van der Waals surface area contributed by atoms with Crippen molar-refractivity contribution in [2.75, 3.05) is 79.2 Å². The Morgan fingerprint density at radius 2 is 0.689 bits per heavy atom. The number of unbranched alkanes of at least 4 members (excludes halogenated alkanes) is 28. The summed E-state index contributed by atoms with van der Waals surface area (Å²) in [6.07, 6.45) is 45.9. The molecule has 442 valence electrons. The Morgan fingerprint density at radius 3 is 1.16 bits per heavy atom. The molecule has 0 fully saturated rings. The summed E-state index contributed by atoms with van der Waals surface area (Å²) in [6.45, 7) is 17.7. The zero-order valence-corrected chi connectivity index (χ0v) is 49.7. The van der Waals surface area contributed by atoms with Crippen LogP contribution in [0.4, 0.5) is 0 Å². The van der Waals surface area contributed by atoms with Gasteiger partial charge in [0.05, 0.1) is 59.5 Å². The molecule has 0 saturated carbocycles. The standard InChI is InChI=1S/C63H125NO10/c1-6-10-14-18-21-26-34-42-59(41-33-25-19-15-11-7-2)73-62(65)44-36-28-22-30-38-47-70-56-60(57-71-55-54-69-53-52-68-51-50-67-49-46-64)72-48-39-31-23-29-37-45-63(66)74-61(43-35-27-20-16-12-8-3)58(5)40-32-24-17-13-9-4/h58-61H,6-57,64H2,1-5H3. The molecule has 74 heavy (non-hydrogen) atoms. The molecule has 0 aliphatic heterocycles. The van der Waals surface area contributed by atoms with Crippen molar-refractivity contribution in [3.8, 4) is 0 Å². The molecule has 0 bridgehead atoms. The van der Waals surface area contributed by atoms with Crippen molar-refractivity contribution in [2.45, 2.75) is 310 Å². The largest absolute Gasteiger partial charge is 0.462 e. The molecule has 0 aliphatic carbocycles. The maximum absolute atomic E-state index is 13.0. The van der Waals surface area contributed by atoms with Gasteiger partial charge in [-0.2, -0.15) is 0 Å². The van der Waals surface area contributed by atoms with Crippen molar-refractivity contribution in [3.05, 3.63) is 0 Å². The van der Waals surface area contributed by atoms with Crippen LogP contribution in [0.15, 0.2) is 0 Å². The van der Waals surface area contributed by atoms with E-state index in [1.54, 1.807) is 0 Å². The van der Waals surface area contributed by atoms with Crippen LogP contribution in [0, 0.1) is 5.92 Å². The lowest BCUT2D eigenvalue weighted by molar-refractivity contribution is -0.152. The van der Waals surface area contributed by atoms with Crippen LogP contribution in [0.1, 0.15) is 291 Å². The predicted octanol–water partition coefficient (Wildman–Crippen LogP) is 16.6. The lowest BCUT2D eigenvalue weighted by atomic mass is 9.93. The van der Waals surface area contributed by atoms with E-state index in [0.717, 1.165) is 96.3 Å². The number of nitrogens with two attached hydrogens (primary N) is 1. The summed E-state index contributed by atoms with van der Waals surface area (Å²) in [4.78, 5) is 25.9. The fourth-order valence-electron chi connectivity index (χ4n) is 9.53. The number of carbonyl (C=O) groups is 2. The molecular formula is C63H125NO10. The predicted molar refractivity (Wildman–Crippen MR) is 309 cm³/mol. The molecular weight excluding hydrogens is 931 g/mol. The molecule has 4 unspecified atom stereocenters. The van der Waals surface area contributed by atoms with Gasteiger partial charge in [0.25, 0.3) is 0 Å². The number of hydrogen-bond acceptors (Lipinski definition) is 11. The molecule has 0 heterocycles. The first kappa shape index (κ1) is 72.7. The number of rotatable bonds is 63. The highest BCUT2D eigenvalue weighted by molar-refractivity contribution is 5.69. The molecule has 0 aromatic rings. The van der Waals surface area contributed by atoms with Gasteiger partial charge < -0.3 is 43.6 Å². The average molecular weight is 1060 g/mol. The third-order valence-electron chi connectivity index (χ3n) is 14.4. The first-order valence-electron chi connectivity index (χ1n) is 32.0. The van der Waals surface area contributed by atoms with Crippen LogP contribution in [0.2, 0.25) is 0 Å². The summed E-state index contributed by atoms with van der Waals surface area (Å²) >= 11 is 0. The van der Waals surface area contributed by atoms with Gasteiger partial charge >= 0.3 is 11.9 Å². The highest BCUT2D eigenvalue weighted by Crippen LogP contribution is 2.24. The van der Waals surface area contributed by atoms with Crippen molar-refractivity contribution >= 4 is 11.9 Å². The monoisotopic (exact) mass is 1060 g/mol. The van der Waals surface area contributed by atoms with E-state index in [0.29, 0.717) is 98.0 Å². The first-order valence-corrected chi connectivity index (χ1v) is 32.0. The van der Waals surface area contributed by atoms with Crippen molar-refractivity contribution in [1.29, 1.82) is 0 Å². The minimum Gasteiger partial charge on any atom is -0.462 e. The lowest BCUT2D eigenvalue weighted by Crippen LogP contribution is -2.27. The van der Waals surface area contributed by atoms with Gasteiger partial charge in [-0.05, 0) is 76.5 Å². The average Bonchev–Trinajstić information content (AvgIpc) is 3.39. The Labute approximate surface area is 458 Å². The van der Waals surface area contributed by atoms with E-state index in [4.69, 9.17) is 43.6 Å². The van der Waals surface area contributed by atoms with Gasteiger partial charge in [0.15, 0.2) is 0 Å². The zero-order chi connectivity index (χ0) is 53.9. The van der Waals surface area contributed by atoms with E-state index in [1.165, 1.54) is 148 Å². The second-order valence-electron chi connectivity index (χ2n) is 21.6. The second kappa shape index (κ2) is 60.9. The number of carbonyl (C=O) groups excluding carboxylic acids is 2. The molecule has 0 saturated heterocycles. The topological polar surface area (TPSA) is 134 Å². The highest BCUT2D eigenvalue weighted by atomic mass is 16.6. The lowest BCUT2D eigenvalue weighted by Gasteiger charge is -2.24. The molecule has 0 aromatic carbocycles. The number of ether oxygens (including phenoxy) is 8. The quantitative estimate of drug-likeness (QED) is 0.0461. The minimum atomic E-state index is -0.147. The molecule has 0 rings (SSSR count). The maximum atomic E-state index is 13.0. The summed E-state index contributed by atoms with van der Waals surface area (Å²) in [7, 11) is 0. The van der Waals surface area contributed by atoms with E-state index >= 15 is 0 Å². The van der Waals surface area contributed by atoms with Gasteiger partial charge in [-0.3, -0.25) is 9.59 Å². The van der Waals surface area contributed by atoms with E-state index in [9.17, 15) is 9.59 Å². The normalized spacial score (nSPS) is 13.3. The fraction of sp³-hybridized carbons (Fsp3) is 0.968. The molecule has 11 nitrogen and oxygen atoms in total. The molecule has 0 aromatic heterocycles. The SMILES string of the molecule is CCCCCCCCCC(CCCCCCCC)OC(=O)CCCCCCCOCC(COCCOCCOCCOCCN)OCCCCCCCC(=O)OC(CCCCCCCC)C(C)CCCCCCC. The Hall–Kier alpha value is -1.34. The van der Waals surface area contributed by atoms with Crippen LogP contribution in [0.3, 0.4) is 0 Å². The van der Waals surface area contributed by atoms with Crippen LogP contribution in [-0.4, -0.2) is 109 Å². The van der Waals surface area contributed by atoms with E-state index in [2.05, 4.69) is 34.6 Å². The summed E-state index contributed by atoms with van der Waals surface area (Å²) in [5.74, 6) is 0.407. The summed E-state index contributed by atoms with van der Waals surface area (Å²) in [5, 5.41) is 0. The van der Waals surface area contributed by atoms with Crippen molar-refractivity contribution in [1.82, 2.24) is 0 Å². The summed E-state index contributed by atoms with van der Waals surface area (Å²) in [5.41, 5.74) is 5.45. The fourth-order valence-corrected chi connectivity index (χ4v) is 9.53. The maximum Gasteiger partial charge on any atom is 0.306 e. The van der Waals surface area contributed by atoms with Crippen molar-refractivity contribution < 1.29 is 47.5 Å². The molecule has 0 amide bonds. The third kappa shape index (κ3) is 54.0. The van der Waals surface area contributed by atoms with Crippen LogP contribution in [0.5, 0.6) is 0 Å². The van der Waals surface area contributed by atoms with Crippen LogP contribution >= 0.6 is 0 Å². The first-order chi connectivity index (χ1) is 36.4. The molecule has 0 radical (unpaired) electrons. The van der Waals surface area contributed by atoms with Gasteiger partial charge in [0.2, 0.25) is 0 Å². The Morgan fingerprint density at radius 1 is 0.338 bits per heavy atom. The molecule has 0 spiro atoms. The summed E-state index contributed by atoms with van der Waals surface area (Å²) in [6, 6.07) is 0. The van der Waals surface area contributed by atoms with Gasteiger partial charge in [0.1, 0.15) is 18.3 Å². The zero-order valence-electron chi connectivity index (χ0n) is 49.7. The molecule has 4 atom stereocenters. The van der Waals surface area contributed by atoms with Gasteiger partial charge in [-0.1, -0.05) is 208 Å². The molecule has 0 aliphatic rings. The summed E-state index contributed by atoms with van der Waals surface area (Å²) < 4.78 is 47.2.